The number of methoxy groups -OCH3 is 1. The van der Waals surface area contributed by atoms with Crippen LogP contribution in [0, 0.1) is 5.92 Å². The first-order valence-electron chi connectivity index (χ1n) is 18.1. The molecule has 12 nitrogen and oxygen atoms in total. The van der Waals surface area contributed by atoms with E-state index in [1.807, 2.05) is 41.3 Å². The van der Waals surface area contributed by atoms with E-state index in [1.54, 1.807) is 13.3 Å². The second-order valence-electron chi connectivity index (χ2n) is 14.4. The van der Waals surface area contributed by atoms with Crippen molar-refractivity contribution in [1.29, 1.82) is 0 Å². The fourth-order valence-corrected chi connectivity index (χ4v) is 8.39. The summed E-state index contributed by atoms with van der Waals surface area (Å²) < 4.78 is 17.4. The van der Waals surface area contributed by atoms with Gasteiger partial charge in [-0.25, -0.2) is 19.6 Å². The monoisotopic (exact) mass is 712 g/mol. The molecule has 9 rings (SSSR count). The van der Waals surface area contributed by atoms with Crippen molar-refractivity contribution in [3.8, 4) is 28.1 Å². The average Bonchev–Trinajstić information content (AvgIpc) is 3.99. The second-order valence-corrected chi connectivity index (χ2v) is 14.4. The first kappa shape index (κ1) is 33.0. The molecular formula is C41H40N6O6. The Hall–Kier alpha value is -5.88. The molecule has 2 amide bonds. The summed E-state index contributed by atoms with van der Waals surface area (Å²) in [4.78, 5) is 45.2. The molecule has 3 aliphatic rings. The van der Waals surface area contributed by atoms with Gasteiger partial charge in [0.25, 0.3) is 0 Å². The topological polar surface area (TPSA) is 146 Å². The van der Waals surface area contributed by atoms with Crippen LogP contribution < -0.4 is 4.74 Å². The van der Waals surface area contributed by atoms with E-state index in [9.17, 15) is 14.7 Å². The van der Waals surface area contributed by atoms with Gasteiger partial charge >= 0.3 is 12.2 Å². The number of likely N-dealkylation sites (tertiary alicyclic amines) is 2. The van der Waals surface area contributed by atoms with Crippen molar-refractivity contribution in [3.05, 3.63) is 102 Å². The minimum atomic E-state index is -0.954. The molecule has 0 bridgehead atoms. The SMILES string of the molecule is COC[C@H]1C[C@@H](c2ncc(-c3ccc4c(c3)COc3cc5c(ccc6nc([C@@H]7CC[C@H](C)N7C(=O)OCc7ccccc7)[nH]c65)cc3-4)[nH]2)N(C(=O)O)C1. The molecule has 270 valence electrons. The van der Waals surface area contributed by atoms with Gasteiger partial charge in [-0.1, -0.05) is 48.5 Å². The number of ether oxygens (including phenoxy) is 3. The second kappa shape index (κ2) is 13.3. The van der Waals surface area contributed by atoms with Gasteiger partial charge in [0.15, 0.2) is 0 Å². The molecule has 0 radical (unpaired) electrons. The molecule has 6 aromatic rings. The molecule has 0 aliphatic carbocycles. The number of carbonyl (C=O) groups excluding carboxylic acids is 1. The molecule has 5 heterocycles. The van der Waals surface area contributed by atoms with Crippen molar-refractivity contribution >= 4 is 34.0 Å². The maximum Gasteiger partial charge on any atom is 0.410 e. The number of imidazole rings is 2. The van der Waals surface area contributed by atoms with Crippen LogP contribution >= 0.6 is 0 Å². The zero-order valence-electron chi connectivity index (χ0n) is 29.5. The van der Waals surface area contributed by atoms with Gasteiger partial charge in [0.2, 0.25) is 0 Å². The molecule has 0 unspecified atom stereocenters. The number of hydrogen-bond donors (Lipinski definition) is 3. The summed E-state index contributed by atoms with van der Waals surface area (Å²) in [6, 6.07) is 23.9. The van der Waals surface area contributed by atoms with Gasteiger partial charge in [-0.05, 0) is 78.1 Å². The summed E-state index contributed by atoms with van der Waals surface area (Å²) in [6.07, 6.45) is 2.81. The lowest BCUT2D eigenvalue weighted by Crippen LogP contribution is -2.36. The fraction of sp³-hybridized carbons (Fsp3) is 0.317. The predicted octanol–water partition coefficient (Wildman–Crippen LogP) is 8.22. The van der Waals surface area contributed by atoms with Crippen molar-refractivity contribution in [2.24, 2.45) is 5.92 Å². The van der Waals surface area contributed by atoms with E-state index in [0.717, 1.165) is 79.7 Å². The highest BCUT2D eigenvalue weighted by molar-refractivity contribution is 6.07. The summed E-state index contributed by atoms with van der Waals surface area (Å²) >= 11 is 0. The first-order chi connectivity index (χ1) is 25.8. The number of nitrogens with one attached hydrogen (secondary N) is 2. The highest BCUT2D eigenvalue weighted by Crippen LogP contribution is 2.44. The van der Waals surface area contributed by atoms with Gasteiger partial charge < -0.3 is 29.3 Å². The van der Waals surface area contributed by atoms with E-state index in [-0.39, 0.29) is 36.7 Å². The number of hydrogen-bond acceptors (Lipinski definition) is 7. The number of rotatable bonds is 7. The van der Waals surface area contributed by atoms with E-state index in [1.165, 1.54) is 4.90 Å². The number of aromatic nitrogens is 4. The van der Waals surface area contributed by atoms with Crippen LogP contribution in [0.25, 0.3) is 44.2 Å². The lowest BCUT2D eigenvalue weighted by atomic mass is 9.92. The van der Waals surface area contributed by atoms with Crippen LogP contribution in [0.5, 0.6) is 5.75 Å². The number of carbonyl (C=O) groups is 2. The zero-order valence-corrected chi connectivity index (χ0v) is 29.5. The van der Waals surface area contributed by atoms with E-state index in [0.29, 0.717) is 32.0 Å². The molecule has 4 atom stereocenters. The van der Waals surface area contributed by atoms with E-state index >= 15 is 0 Å². The Morgan fingerprint density at radius 3 is 2.68 bits per heavy atom. The molecule has 4 aromatic carbocycles. The van der Waals surface area contributed by atoms with Gasteiger partial charge in [0.1, 0.15) is 30.6 Å². The van der Waals surface area contributed by atoms with Crippen LogP contribution in [-0.4, -0.2) is 73.3 Å². The summed E-state index contributed by atoms with van der Waals surface area (Å²) in [5, 5.41) is 11.9. The Labute approximate surface area is 305 Å². The van der Waals surface area contributed by atoms with E-state index in [4.69, 9.17) is 19.2 Å². The molecule has 0 saturated carbocycles. The summed E-state index contributed by atoms with van der Waals surface area (Å²) in [5.41, 5.74) is 7.64. The molecule has 2 saturated heterocycles. The predicted molar refractivity (Wildman–Crippen MR) is 198 cm³/mol. The van der Waals surface area contributed by atoms with Gasteiger partial charge in [-0.2, -0.15) is 0 Å². The highest BCUT2D eigenvalue weighted by atomic mass is 16.6. The summed E-state index contributed by atoms with van der Waals surface area (Å²) in [7, 11) is 1.64. The zero-order chi connectivity index (χ0) is 36.2. The summed E-state index contributed by atoms with van der Waals surface area (Å²) in [5.74, 6) is 2.32. The smallest absolute Gasteiger partial charge is 0.410 e. The van der Waals surface area contributed by atoms with Crippen molar-refractivity contribution < 1.29 is 28.9 Å². The number of aromatic amines is 2. The Balaban J connectivity index is 0.974. The van der Waals surface area contributed by atoms with Crippen LogP contribution in [-0.2, 0) is 22.7 Å². The quantitative estimate of drug-likeness (QED) is 0.150. The third kappa shape index (κ3) is 5.92. The van der Waals surface area contributed by atoms with Gasteiger partial charge in [0, 0.05) is 36.6 Å². The van der Waals surface area contributed by atoms with E-state index in [2.05, 4.69) is 58.3 Å². The third-order valence-corrected chi connectivity index (χ3v) is 11.0. The molecular weight excluding hydrogens is 672 g/mol. The average molecular weight is 713 g/mol. The fourth-order valence-electron chi connectivity index (χ4n) is 8.39. The molecule has 12 heteroatoms. The lowest BCUT2D eigenvalue weighted by Gasteiger charge is -2.26. The van der Waals surface area contributed by atoms with Gasteiger partial charge in [0.05, 0.1) is 41.6 Å². The number of H-pyrrole nitrogens is 2. The molecule has 2 aromatic heterocycles. The minimum absolute atomic E-state index is 0.0352. The lowest BCUT2D eigenvalue weighted by molar-refractivity contribution is 0.0794. The highest BCUT2D eigenvalue weighted by Gasteiger charge is 2.39. The number of carboxylic acid groups (broad SMARTS) is 1. The number of nitrogens with zero attached hydrogens (tertiary/aromatic N) is 4. The van der Waals surface area contributed by atoms with Crippen LogP contribution in [0.3, 0.4) is 0 Å². The number of fused-ring (bicyclic) bond motifs is 6. The Bertz CT molecular complexity index is 2350. The van der Waals surface area contributed by atoms with Crippen LogP contribution in [0.4, 0.5) is 9.59 Å². The molecule has 2 fully saturated rings. The van der Waals surface area contributed by atoms with Crippen LogP contribution in [0.1, 0.15) is 61.0 Å². The first-order valence-corrected chi connectivity index (χ1v) is 18.1. The van der Waals surface area contributed by atoms with Crippen molar-refractivity contribution in [3.63, 3.8) is 0 Å². The van der Waals surface area contributed by atoms with Crippen molar-refractivity contribution in [1.82, 2.24) is 29.7 Å². The number of benzene rings is 4. The van der Waals surface area contributed by atoms with Crippen LogP contribution in [0.2, 0.25) is 0 Å². The van der Waals surface area contributed by atoms with Gasteiger partial charge in [-0.15, -0.1) is 0 Å². The molecule has 3 aliphatic heterocycles. The van der Waals surface area contributed by atoms with Gasteiger partial charge in [-0.3, -0.25) is 9.80 Å². The Kier molecular flexibility index (Phi) is 8.26. The largest absolute Gasteiger partial charge is 0.488 e. The maximum atomic E-state index is 13.3. The number of amides is 2. The van der Waals surface area contributed by atoms with Crippen molar-refractivity contribution in [2.45, 2.75) is 57.5 Å². The Morgan fingerprint density at radius 2 is 1.85 bits per heavy atom. The van der Waals surface area contributed by atoms with Crippen LogP contribution in [0.15, 0.2) is 79.0 Å². The van der Waals surface area contributed by atoms with Crippen molar-refractivity contribution in [2.75, 3.05) is 20.3 Å². The van der Waals surface area contributed by atoms with E-state index < -0.39 is 6.09 Å². The molecule has 3 N–H and O–H groups in total. The normalized spacial score (nSPS) is 20.8. The third-order valence-electron chi connectivity index (χ3n) is 11.0. The Morgan fingerprint density at radius 1 is 0.981 bits per heavy atom. The summed E-state index contributed by atoms with van der Waals surface area (Å²) in [6.45, 7) is 3.62. The standard InChI is InChI=1S/C41H40N6O6/c1-23-8-13-34(47(23)41(50)53-21-24-6-4-3-5-7-24)39-43-32-12-10-26-16-31-29-11-9-27(15-28(29)22-52-36(31)17-30(26)37(32)45-39)33-18-42-38(44-33)35-14-25(20-51-2)19-46(35)40(48)49/h3-7,9-12,15-18,23,25,34-35H,8,13-14,19-22H2,1-2H3,(H,42,44)(H,43,45)(H,48,49)/t23-,25-,34-,35-/m0/s1. The molecule has 53 heavy (non-hydrogen) atoms. The minimum Gasteiger partial charge on any atom is -0.488 e. The maximum absolute atomic E-state index is 13.3. The molecule has 0 spiro atoms.